The highest BCUT2D eigenvalue weighted by molar-refractivity contribution is 5.40. The molecule has 0 aliphatic carbocycles. The zero-order valence-electron chi connectivity index (χ0n) is 11.1. The van der Waals surface area contributed by atoms with E-state index in [-0.39, 0.29) is 11.2 Å². The summed E-state index contributed by atoms with van der Waals surface area (Å²) in [6.45, 7) is 9.30. The van der Waals surface area contributed by atoms with Gasteiger partial charge in [0.15, 0.2) is 11.6 Å². The predicted molar refractivity (Wildman–Crippen MR) is 68.6 cm³/mol. The lowest BCUT2D eigenvalue weighted by molar-refractivity contribution is 0.274. The van der Waals surface area contributed by atoms with E-state index in [4.69, 9.17) is 0 Å². The molecule has 1 aromatic rings. The molecular weight excluding hydrogens is 219 g/mol. The molecule has 0 aliphatic heterocycles. The van der Waals surface area contributed by atoms with Crippen LogP contribution in [0.25, 0.3) is 0 Å². The Balaban J connectivity index is 2.69. The van der Waals surface area contributed by atoms with E-state index in [1.165, 1.54) is 6.20 Å². The standard InChI is InChI=1S/C12H21FN4/c1-8(12(2,3)4)6-15-10-9(13)7-16-11(14-5)17-10/h7-8H,6H2,1-5H3,(H2,14,15,16,17). The molecule has 1 aromatic heterocycles. The molecule has 0 saturated carbocycles. The molecule has 0 amide bonds. The molecule has 1 atom stereocenters. The molecule has 5 heteroatoms. The van der Waals surface area contributed by atoms with E-state index in [1.54, 1.807) is 7.05 Å². The lowest BCUT2D eigenvalue weighted by atomic mass is 9.82. The van der Waals surface area contributed by atoms with E-state index < -0.39 is 5.82 Å². The van der Waals surface area contributed by atoms with E-state index in [2.05, 4.69) is 48.3 Å². The summed E-state index contributed by atoms with van der Waals surface area (Å²) in [5.74, 6) is 0.651. The molecule has 1 unspecified atom stereocenters. The second-order valence-electron chi connectivity index (χ2n) is 5.29. The van der Waals surface area contributed by atoms with Crippen LogP contribution in [-0.2, 0) is 0 Å². The Bertz CT molecular complexity index is 373. The largest absolute Gasteiger partial charge is 0.367 e. The van der Waals surface area contributed by atoms with Gasteiger partial charge in [-0.2, -0.15) is 4.98 Å². The van der Waals surface area contributed by atoms with Crippen LogP contribution in [0.5, 0.6) is 0 Å². The van der Waals surface area contributed by atoms with Crippen LogP contribution in [0.4, 0.5) is 16.2 Å². The van der Waals surface area contributed by atoms with Crippen molar-refractivity contribution in [1.29, 1.82) is 0 Å². The number of hydrogen-bond acceptors (Lipinski definition) is 4. The van der Waals surface area contributed by atoms with Crippen LogP contribution < -0.4 is 10.6 Å². The summed E-state index contributed by atoms with van der Waals surface area (Å²) < 4.78 is 13.4. The number of anilines is 2. The van der Waals surface area contributed by atoms with Crippen molar-refractivity contribution in [2.45, 2.75) is 27.7 Å². The van der Waals surface area contributed by atoms with E-state index in [0.29, 0.717) is 18.4 Å². The first kappa shape index (κ1) is 13.7. The van der Waals surface area contributed by atoms with Gasteiger partial charge >= 0.3 is 0 Å². The first-order valence-corrected chi connectivity index (χ1v) is 5.78. The summed E-state index contributed by atoms with van der Waals surface area (Å²) >= 11 is 0. The van der Waals surface area contributed by atoms with E-state index >= 15 is 0 Å². The summed E-state index contributed by atoms with van der Waals surface area (Å²) in [6.07, 6.45) is 1.17. The number of nitrogens with one attached hydrogen (secondary N) is 2. The van der Waals surface area contributed by atoms with Gasteiger partial charge in [-0.1, -0.05) is 27.7 Å². The third-order valence-electron chi connectivity index (χ3n) is 3.02. The maximum atomic E-state index is 13.4. The van der Waals surface area contributed by atoms with Gasteiger partial charge in [0.05, 0.1) is 6.20 Å². The lowest BCUT2D eigenvalue weighted by Gasteiger charge is -2.27. The Morgan fingerprint density at radius 3 is 2.59 bits per heavy atom. The number of rotatable bonds is 4. The minimum Gasteiger partial charge on any atom is -0.367 e. The average Bonchev–Trinajstić information content (AvgIpc) is 2.26. The monoisotopic (exact) mass is 240 g/mol. The Morgan fingerprint density at radius 2 is 2.06 bits per heavy atom. The summed E-state index contributed by atoms with van der Waals surface area (Å²) in [5.41, 5.74) is 0.183. The van der Waals surface area contributed by atoms with Gasteiger partial charge in [0.1, 0.15) is 0 Å². The van der Waals surface area contributed by atoms with Crippen molar-refractivity contribution in [2.24, 2.45) is 11.3 Å². The first-order valence-electron chi connectivity index (χ1n) is 5.78. The molecule has 17 heavy (non-hydrogen) atoms. The van der Waals surface area contributed by atoms with Gasteiger partial charge in [-0.25, -0.2) is 9.37 Å². The van der Waals surface area contributed by atoms with Gasteiger partial charge in [-0.3, -0.25) is 0 Å². The number of aromatic nitrogens is 2. The molecule has 96 valence electrons. The quantitative estimate of drug-likeness (QED) is 0.849. The normalized spacial score (nSPS) is 13.3. The van der Waals surface area contributed by atoms with Crippen molar-refractivity contribution < 1.29 is 4.39 Å². The van der Waals surface area contributed by atoms with Crippen LogP contribution in [0.15, 0.2) is 6.20 Å². The third-order valence-corrected chi connectivity index (χ3v) is 3.02. The van der Waals surface area contributed by atoms with Crippen LogP contribution in [0.1, 0.15) is 27.7 Å². The highest BCUT2D eigenvalue weighted by Crippen LogP contribution is 2.25. The van der Waals surface area contributed by atoms with E-state index in [1.807, 2.05) is 0 Å². The maximum absolute atomic E-state index is 13.4. The molecule has 0 spiro atoms. The zero-order valence-corrected chi connectivity index (χ0v) is 11.1. The molecule has 0 fully saturated rings. The van der Waals surface area contributed by atoms with Gasteiger partial charge < -0.3 is 10.6 Å². The lowest BCUT2D eigenvalue weighted by Crippen LogP contribution is -2.25. The molecule has 1 heterocycles. The van der Waals surface area contributed by atoms with Crippen molar-refractivity contribution >= 4 is 11.8 Å². The van der Waals surface area contributed by atoms with E-state index in [9.17, 15) is 4.39 Å². The highest BCUT2D eigenvalue weighted by atomic mass is 19.1. The Labute approximate surface area is 102 Å². The summed E-state index contributed by atoms with van der Waals surface area (Å²) in [4.78, 5) is 7.83. The maximum Gasteiger partial charge on any atom is 0.224 e. The van der Waals surface area contributed by atoms with Gasteiger partial charge in [0, 0.05) is 13.6 Å². The molecule has 0 saturated heterocycles. The minimum absolute atomic E-state index is 0.183. The molecule has 4 nitrogen and oxygen atoms in total. The molecule has 0 radical (unpaired) electrons. The average molecular weight is 240 g/mol. The molecule has 1 rings (SSSR count). The van der Waals surface area contributed by atoms with Crippen molar-refractivity contribution in [2.75, 3.05) is 24.2 Å². The van der Waals surface area contributed by atoms with Crippen LogP contribution in [-0.4, -0.2) is 23.6 Å². The fourth-order valence-electron chi connectivity index (χ4n) is 1.17. The summed E-state index contributed by atoms with van der Waals surface area (Å²) in [6, 6.07) is 0. The second-order valence-corrected chi connectivity index (χ2v) is 5.29. The van der Waals surface area contributed by atoms with Gasteiger partial charge in [-0.15, -0.1) is 0 Å². The molecule has 0 bridgehead atoms. The fraction of sp³-hybridized carbons (Fsp3) is 0.667. The van der Waals surface area contributed by atoms with Crippen LogP contribution in [0.2, 0.25) is 0 Å². The second kappa shape index (κ2) is 5.29. The van der Waals surface area contributed by atoms with Gasteiger partial charge in [-0.05, 0) is 11.3 Å². The Kier molecular flexibility index (Phi) is 4.26. The predicted octanol–water partition coefficient (Wildman–Crippen LogP) is 2.75. The van der Waals surface area contributed by atoms with Crippen LogP contribution in [0.3, 0.4) is 0 Å². The Morgan fingerprint density at radius 1 is 1.41 bits per heavy atom. The summed E-state index contributed by atoms with van der Waals surface area (Å²) in [7, 11) is 1.70. The topological polar surface area (TPSA) is 49.8 Å². The minimum atomic E-state index is -0.426. The summed E-state index contributed by atoms with van der Waals surface area (Å²) in [5, 5.41) is 5.81. The zero-order chi connectivity index (χ0) is 13.1. The molecular formula is C12H21FN4. The van der Waals surface area contributed by atoms with Crippen molar-refractivity contribution in [3.63, 3.8) is 0 Å². The number of hydrogen-bond donors (Lipinski definition) is 2. The van der Waals surface area contributed by atoms with Crippen LogP contribution >= 0.6 is 0 Å². The SMILES string of the molecule is CNc1ncc(F)c(NCC(C)C(C)(C)C)n1. The van der Waals surface area contributed by atoms with Crippen LogP contribution in [0, 0.1) is 17.2 Å². The smallest absolute Gasteiger partial charge is 0.224 e. The first-order chi connectivity index (χ1) is 7.84. The van der Waals surface area contributed by atoms with Crippen molar-refractivity contribution in [3.05, 3.63) is 12.0 Å². The van der Waals surface area contributed by atoms with E-state index in [0.717, 1.165) is 0 Å². The third kappa shape index (κ3) is 3.84. The highest BCUT2D eigenvalue weighted by Gasteiger charge is 2.20. The fourth-order valence-corrected chi connectivity index (χ4v) is 1.17. The molecule has 0 aliphatic rings. The Hall–Kier alpha value is -1.39. The number of nitrogens with zero attached hydrogens (tertiary/aromatic N) is 2. The number of halogens is 1. The van der Waals surface area contributed by atoms with Gasteiger partial charge in [0.25, 0.3) is 0 Å². The molecule has 0 aromatic carbocycles. The van der Waals surface area contributed by atoms with Gasteiger partial charge in [0.2, 0.25) is 5.95 Å². The van der Waals surface area contributed by atoms with Crippen molar-refractivity contribution in [3.8, 4) is 0 Å². The molecule has 2 N–H and O–H groups in total. The van der Waals surface area contributed by atoms with Crippen molar-refractivity contribution in [1.82, 2.24) is 9.97 Å².